The number of anilines is 1. The van der Waals surface area contributed by atoms with Crippen LogP contribution >= 0.6 is 11.3 Å². The Morgan fingerprint density at radius 3 is 2.41 bits per heavy atom. The molecule has 0 spiro atoms. The van der Waals surface area contributed by atoms with Crippen molar-refractivity contribution in [1.29, 1.82) is 0 Å². The Hall–Kier alpha value is -2.66. The monoisotopic (exact) mass is 377 g/mol. The molecule has 0 unspecified atom stereocenters. The topological polar surface area (TPSA) is 36.4 Å². The molecule has 0 saturated carbocycles. The minimum absolute atomic E-state index is 0.150. The number of carbonyl (C=O) groups is 1. The van der Waals surface area contributed by atoms with Crippen LogP contribution in [0.1, 0.15) is 21.5 Å². The Labute approximate surface area is 164 Å². The molecule has 2 heterocycles. The highest BCUT2D eigenvalue weighted by Crippen LogP contribution is 2.21. The van der Waals surface area contributed by atoms with Crippen LogP contribution in [-0.4, -0.2) is 42.0 Å². The molecule has 1 aromatic heterocycles. The lowest BCUT2D eigenvalue weighted by atomic mass is 9.99. The first-order chi connectivity index (χ1) is 13.3. The molecular weight excluding hydrogens is 354 g/mol. The molecule has 0 aliphatic carbocycles. The molecule has 4 rings (SSSR count). The second kappa shape index (κ2) is 8.35. The van der Waals surface area contributed by atoms with Crippen LogP contribution in [0.3, 0.4) is 0 Å². The zero-order chi connectivity index (χ0) is 18.5. The van der Waals surface area contributed by atoms with Crippen LogP contribution in [0.4, 0.5) is 5.13 Å². The van der Waals surface area contributed by atoms with E-state index >= 15 is 0 Å². The minimum atomic E-state index is 0.150. The zero-order valence-corrected chi connectivity index (χ0v) is 16.1. The lowest BCUT2D eigenvalue weighted by Gasteiger charge is -2.35. The van der Waals surface area contributed by atoms with Crippen molar-refractivity contribution in [3.8, 4) is 0 Å². The van der Waals surface area contributed by atoms with Crippen molar-refractivity contribution in [2.24, 2.45) is 0 Å². The fraction of sp³-hybridized carbons (Fsp3) is 0.273. The van der Waals surface area contributed by atoms with Gasteiger partial charge in [-0.1, -0.05) is 48.5 Å². The smallest absolute Gasteiger partial charge is 0.254 e. The second-order valence-electron chi connectivity index (χ2n) is 6.74. The molecule has 1 fully saturated rings. The summed E-state index contributed by atoms with van der Waals surface area (Å²) in [5.74, 6) is 0.150. The van der Waals surface area contributed by atoms with E-state index in [9.17, 15) is 4.79 Å². The zero-order valence-electron chi connectivity index (χ0n) is 15.3. The van der Waals surface area contributed by atoms with Gasteiger partial charge in [-0.25, -0.2) is 4.98 Å². The summed E-state index contributed by atoms with van der Waals surface area (Å²) in [7, 11) is 0. The van der Waals surface area contributed by atoms with Crippen molar-refractivity contribution >= 4 is 22.4 Å². The Morgan fingerprint density at radius 2 is 1.67 bits per heavy atom. The molecule has 1 aliphatic heterocycles. The number of rotatable bonds is 5. The largest absolute Gasteiger partial charge is 0.345 e. The molecule has 27 heavy (non-hydrogen) atoms. The first kappa shape index (κ1) is 17.7. The van der Waals surface area contributed by atoms with Crippen LogP contribution < -0.4 is 4.90 Å². The molecule has 4 nitrogen and oxygen atoms in total. The van der Waals surface area contributed by atoms with Crippen LogP contribution in [0.25, 0.3) is 0 Å². The van der Waals surface area contributed by atoms with E-state index < -0.39 is 0 Å². The third-order valence-corrected chi connectivity index (χ3v) is 5.86. The van der Waals surface area contributed by atoms with Crippen molar-refractivity contribution in [3.05, 3.63) is 82.9 Å². The second-order valence-corrected chi connectivity index (χ2v) is 7.61. The number of aromatic nitrogens is 1. The SMILES string of the molecule is O=C(c1ccccc1CCc1ccccc1)N1CCN(c2nccs2)CC1. The van der Waals surface area contributed by atoms with Crippen molar-refractivity contribution in [1.82, 2.24) is 9.88 Å². The highest BCUT2D eigenvalue weighted by molar-refractivity contribution is 7.13. The number of thiazole rings is 1. The molecule has 1 amide bonds. The number of hydrogen-bond donors (Lipinski definition) is 0. The van der Waals surface area contributed by atoms with Crippen LogP contribution in [0, 0.1) is 0 Å². The maximum Gasteiger partial charge on any atom is 0.254 e. The Bertz CT molecular complexity index is 872. The highest BCUT2D eigenvalue weighted by atomic mass is 32.1. The van der Waals surface area contributed by atoms with E-state index in [0.29, 0.717) is 0 Å². The van der Waals surface area contributed by atoms with Gasteiger partial charge in [-0.05, 0) is 30.0 Å². The van der Waals surface area contributed by atoms with Crippen LogP contribution in [0.5, 0.6) is 0 Å². The van der Waals surface area contributed by atoms with E-state index in [2.05, 4.69) is 40.2 Å². The lowest BCUT2D eigenvalue weighted by Crippen LogP contribution is -2.49. The van der Waals surface area contributed by atoms with Gasteiger partial charge >= 0.3 is 0 Å². The fourth-order valence-corrected chi connectivity index (χ4v) is 4.21. The first-order valence-corrected chi connectivity index (χ1v) is 10.2. The van der Waals surface area contributed by atoms with E-state index in [-0.39, 0.29) is 5.91 Å². The van der Waals surface area contributed by atoms with Gasteiger partial charge in [0.1, 0.15) is 0 Å². The van der Waals surface area contributed by atoms with Crippen molar-refractivity contribution in [2.45, 2.75) is 12.8 Å². The summed E-state index contributed by atoms with van der Waals surface area (Å²) in [6.07, 6.45) is 3.66. The normalized spacial score (nSPS) is 14.4. The average molecular weight is 378 g/mol. The van der Waals surface area contributed by atoms with E-state index in [1.807, 2.05) is 40.7 Å². The van der Waals surface area contributed by atoms with Gasteiger partial charge in [0.2, 0.25) is 0 Å². The summed E-state index contributed by atoms with van der Waals surface area (Å²) in [5.41, 5.74) is 3.28. The van der Waals surface area contributed by atoms with Crippen LogP contribution in [0.2, 0.25) is 0 Å². The summed E-state index contributed by atoms with van der Waals surface area (Å²) in [6.45, 7) is 3.16. The fourth-order valence-electron chi connectivity index (χ4n) is 3.51. The summed E-state index contributed by atoms with van der Waals surface area (Å²) in [5, 5.41) is 3.04. The van der Waals surface area contributed by atoms with E-state index in [1.54, 1.807) is 11.3 Å². The van der Waals surface area contributed by atoms with E-state index in [0.717, 1.165) is 55.3 Å². The standard InChI is InChI=1S/C22H23N3OS/c26-21(24-13-15-25(16-14-24)22-23-12-17-27-22)20-9-5-4-8-19(20)11-10-18-6-2-1-3-7-18/h1-9,12,17H,10-11,13-16H2. The molecule has 0 atom stereocenters. The van der Waals surface area contributed by atoms with E-state index in [4.69, 9.17) is 0 Å². The molecule has 5 heteroatoms. The molecule has 0 bridgehead atoms. The predicted molar refractivity (Wildman–Crippen MR) is 111 cm³/mol. The molecular formula is C22H23N3OS. The number of benzene rings is 2. The summed E-state index contributed by atoms with van der Waals surface area (Å²) < 4.78 is 0. The summed E-state index contributed by atoms with van der Waals surface area (Å²) >= 11 is 1.65. The predicted octanol–water partition coefficient (Wildman–Crippen LogP) is 3.89. The number of aryl methyl sites for hydroxylation is 2. The van der Waals surface area contributed by atoms with Crippen LogP contribution in [0.15, 0.2) is 66.2 Å². The van der Waals surface area contributed by atoms with Gasteiger partial charge in [-0.2, -0.15) is 0 Å². The quantitative estimate of drug-likeness (QED) is 0.677. The molecule has 0 N–H and O–H groups in total. The molecule has 2 aromatic carbocycles. The maximum atomic E-state index is 13.1. The summed E-state index contributed by atoms with van der Waals surface area (Å²) in [6, 6.07) is 18.5. The number of amides is 1. The molecule has 3 aromatic rings. The molecule has 0 radical (unpaired) electrons. The van der Waals surface area contributed by atoms with Gasteiger partial charge in [0, 0.05) is 43.3 Å². The number of piperazine rings is 1. The lowest BCUT2D eigenvalue weighted by molar-refractivity contribution is 0.0745. The Kier molecular flexibility index (Phi) is 5.49. The highest BCUT2D eigenvalue weighted by Gasteiger charge is 2.24. The van der Waals surface area contributed by atoms with Gasteiger partial charge in [-0.3, -0.25) is 4.79 Å². The molecule has 138 valence electrons. The van der Waals surface area contributed by atoms with Crippen molar-refractivity contribution in [2.75, 3.05) is 31.1 Å². The molecule has 1 saturated heterocycles. The average Bonchev–Trinajstić information content (AvgIpc) is 3.28. The van der Waals surface area contributed by atoms with Crippen LogP contribution in [-0.2, 0) is 12.8 Å². The van der Waals surface area contributed by atoms with Gasteiger partial charge in [0.25, 0.3) is 5.91 Å². The molecule has 1 aliphatic rings. The Morgan fingerprint density at radius 1 is 0.926 bits per heavy atom. The van der Waals surface area contributed by atoms with Crippen molar-refractivity contribution < 1.29 is 4.79 Å². The van der Waals surface area contributed by atoms with E-state index in [1.165, 1.54) is 5.56 Å². The van der Waals surface area contributed by atoms with Gasteiger partial charge in [0.15, 0.2) is 5.13 Å². The van der Waals surface area contributed by atoms with Gasteiger partial charge in [0.05, 0.1) is 0 Å². The van der Waals surface area contributed by atoms with Gasteiger partial charge in [-0.15, -0.1) is 11.3 Å². The maximum absolute atomic E-state index is 13.1. The van der Waals surface area contributed by atoms with Crippen molar-refractivity contribution in [3.63, 3.8) is 0 Å². The third kappa shape index (κ3) is 4.19. The van der Waals surface area contributed by atoms with Gasteiger partial charge < -0.3 is 9.80 Å². The number of carbonyl (C=O) groups excluding carboxylic acids is 1. The number of nitrogens with zero attached hydrogens (tertiary/aromatic N) is 3. The Balaban J connectivity index is 1.42. The number of hydrogen-bond acceptors (Lipinski definition) is 4. The summed E-state index contributed by atoms with van der Waals surface area (Å²) in [4.78, 5) is 21.7. The minimum Gasteiger partial charge on any atom is -0.345 e. The first-order valence-electron chi connectivity index (χ1n) is 9.37. The third-order valence-electron chi connectivity index (χ3n) is 5.03.